The number of nitrogens with zero attached hydrogens (tertiary/aromatic N) is 3. The molecule has 0 atom stereocenters. The van der Waals surface area contributed by atoms with Crippen LogP contribution in [0.15, 0.2) is 30.2 Å². The standard InChI is InChI=1S/C19H25N3O3S.ClH/c1-4-21(5-2)8-9-22(18(23)16-13-24-10-11-25-16)19-20-15-7-6-14(3)12-17(15)26-19;/h6-7,12-13H,4-5,8-11H2,1-3H3;1H/p-1. The summed E-state index contributed by atoms with van der Waals surface area (Å²) in [5.74, 6) is 0.0406. The van der Waals surface area contributed by atoms with Crippen molar-refractivity contribution in [2.75, 3.05) is 44.3 Å². The van der Waals surface area contributed by atoms with Crippen LogP contribution in [-0.2, 0) is 14.3 Å². The lowest BCUT2D eigenvalue weighted by Crippen LogP contribution is -3.00. The van der Waals surface area contributed by atoms with Gasteiger partial charge in [0, 0.05) is 13.1 Å². The third kappa shape index (κ3) is 5.12. The molecule has 1 aliphatic heterocycles. The Morgan fingerprint density at radius 1 is 1.22 bits per heavy atom. The van der Waals surface area contributed by atoms with Crippen LogP contribution in [0, 0.1) is 6.92 Å². The molecular formula is C19H25ClN3O3S-. The normalized spacial score (nSPS) is 13.6. The van der Waals surface area contributed by atoms with Gasteiger partial charge in [-0.25, -0.2) is 4.98 Å². The molecule has 1 amide bonds. The summed E-state index contributed by atoms with van der Waals surface area (Å²) in [5, 5.41) is 0.692. The summed E-state index contributed by atoms with van der Waals surface area (Å²) in [4.78, 5) is 21.7. The zero-order valence-electron chi connectivity index (χ0n) is 15.9. The predicted octanol–water partition coefficient (Wildman–Crippen LogP) is 0.172. The molecule has 0 N–H and O–H groups in total. The first-order chi connectivity index (χ1) is 12.6. The largest absolute Gasteiger partial charge is 1.00 e. The van der Waals surface area contributed by atoms with Crippen molar-refractivity contribution in [2.24, 2.45) is 0 Å². The summed E-state index contributed by atoms with van der Waals surface area (Å²) in [6, 6.07) is 6.13. The van der Waals surface area contributed by atoms with E-state index in [9.17, 15) is 4.79 Å². The Hall–Kier alpha value is -1.83. The van der Waals surface area contributed by atoms with Gasteiger partial charge in [-0.2, -0.15) is 0 Å². The van der Waals surface area contributed by atoms with Gasteiger partial charge in [-0.1, -0.05) is 31.3 Å². The van der Waals surface area contributed by atoms with E-state index < -0.39 is 0 Å². The number of likely N-dealkylation sites (N-methyl/N-ethyl adjacent to an activating group) is 1. The van der Waals surface area contributed by atoms with Gasteiger partial charge in [-0.05, 0) is 37.7 Å². The van der Waals surface area contributed by atoms with Gasteiger partial charge < -0.3 is 26.8 Å². The number of carbonyl (C=O) groups excluding carboxylic acids is 1. The molecule has 1 aromatic heterocycles. The average Bonchev–Trinajstić information content (AvgIpc) is 3.08. The van der Waals surface area contributed by atoms with Crippen molar-refractivity contribution in [2.45, 2.75) is 20.8 Å². The molecule has 0 spiro atoms. The van der Waals surface area contributed by atoms with Crippen LogP contribution in [0.4, 0.5) is 5.13 Å². The number of fused-ring (bicyclic) bond motifs is 1. The fourth-order valence-electron chi connectivity index (χ4n) is 2.81. The first-order valence-corrected chi connectivity index (χ1v) is 9.80. The van der Waals surface area contributed by atoms with Crippen molar-refractivity contribution in [1.29, 1.82) is 0 Å². The average molecular weight is 411 g/mol. The van der Waals surface area contributed by atoms with Crippen LogP contribution in [-0.4, -0.2) is 55.2 Å². The first kappa shape index (κ1) is 21.5. The molecule has 0 bridgehead atoms. The summed E-state index contributed by atoms with van der Waals surface area (Å²) in [5.41, 5.74) is 2.09. The summed E-state index contributed by atoms with van der Waals surface area (Å²) in [6.07, 6.45) is 1.41. The van der Waals surface area contributed by atoms with E-state index in [0.717, 1.165) is 29.9 Å². The lowest BCUT2D eigenvalue weighted by Gasteiger charge is -2.26. The highest BCUT2D eigenvalue weighted by molar-refractivity contribution is 7.22. The minimum atomic E-state index is -0.201. The topological polar surface area (TPSA) is 54.9 Å². The smallest absolute Gasteiger partial charge is 0.298 e. The molecule has 148 valence electrons. The number of hydrogen-bond donors (Lipinski definition) is 0. The molecule has 0 radical (unpaired) electrons. The zero-order valence-corrected chi connectivity index (χ0v) is 17.5. The van der Waals surface area contributed by atoms with Crippen LogP contribution in [0.25, 0.3) is 10.2 Å². The van der Waals surface area contributed by atoms with Gasteiger partial charge in [-0.15, -0.1) is 0 Å². The Bertz CT molecular complexity index is 805. The zero-order chi connectivity index (χ0) is 18.5. The van der Waals surface area contributed by atoms with Crippen LogP contribution < -0.4 is 17.3 Å². The number of rotatable bonds is 7. The highest BCUT2D eigenvalue weighted by atomic mass is 35.5. The molecular weight excluding hydrogens is 386 g/mol. The van der Waals surface area contributed by atoms with Crippen molar-refractivity contribution >= 4 is 32.6 Å². The maximum absolute atomic E-state index is 13.0. The highest BCUT2D eigenvalue weighted by Gasteiger charge is 2.26. The van der Waals surface area contributed by atoms with Gasteiger partial charge in [0.15, 0.2) is 5.13 Å². The van der Waals surface area contributed by atoms with Gasteiger partial charge in [0.05, 0.1) is 10.2 Å². The number of hydrogen-bond acceptors (Lipinski definition) is 6. The number of aromatic nitrogens is 1. The van der Waals surface area contributed by atoms with E-state index >= 15 is 0 Å². The van der Waals surface area contributed by atoms with Crippen molar-refractivity contribution in [3.63, 3.8) is 0 Å². The minimum Gasteiger partial charge on any atom is -1.00 e. The van der Waals surface area contributed by atoms with Gasteiger partial charge >= 0.3 is 0 Å². The lowest BCUT2D eigenvalue weighted by molar-refractivity contribution is -0.119. The van der Waals surface area contributed by atoms with E-state index in [2.05, 4.69) is 36.7 Å². The van der Waals surface area contributed by atoms with Crippen LogP contribution >= 0.6 is 11.3 Å². The molecule has 8 heteroatoms. The molecule has 2 heterocycles. The molecule has 0 saturated carbocycles. The van der Waals surface area contributed by atoms with Crippen LogP contribution in [0.5, 0.6) is 0 Å². The highest BCUT2D eigenvalue weighted by Crippen LogP contribution is 2.30. The number of carbonyl (C=O) groups is 1. The van der Waals surface area contributed by atoms with Crippen LogP contribution in [0.1, 0.15) is 19.4 Å². The third-order valence-electron chi connectivity index (χ3n) is 4.40. The lowest BCUT2D eigenvalue weighted by atomic mass is 10.2. The van der Waals surface area contributed by atoms with E-state index in [1.807, 2.05) is 12.1 Å². The van der Waals surface area contributed by atoms with Crippen molar-refractivity contribution < 1.29 is 26.7 Å². The number of halogens is 1. The summed E-state index contributed by atoms with van der Waals surface area (Å²) >= 11 is 1.53. The Balaban J connectivity index is 0.00000261. The van der Waals surface area contributed by atoms with Gasteiger partial charge in [0.2, 0.25) is 5.76 Å². The van der Waals surface area contributed by atoms with Gasteiger partial charge in [0.1, 0.15) is 19.5 Å². The summed E-state index contributed by atoms with van der Waals surface area (Å²) in [7, 11) is 0. The van der Waals surface area contributed by atoms with E-state index in [4.69, 9.17) is 9.47 Å². The molecule has 1 aliphatic rings. The maximum Gasteiger partial charge on any atom is 0.298 e. The van der Waals surface area contributed by atoms with Crippen LogP contribution in [0.2, 0.25) is 0 Å². The molecule has 0 saturated heterocycles. The van der Waals surface area contributed by atoms with Crippen molar-refractivity contribution in [1.82, 2.24) is 9.88 Å². The monoisotopic (exact) mass is 410 g/mol. The minimum absolute atomic E-state index is 0. The molecule has 0 aliphatic carbocycles. The van der Waals surface area contributed by atoms with Gasteiger partial charge in [-0.3, -0.25) is 9.69 Å². The Kier molecular flexibility index (Phi) is 7.89. The molecule has 1 aromatic carbocycles. The number of amides is 1. The molecule has 0 unspecified atom stereocenters. The summed E-state index contributed by atoms with van der Waals surface area (Å²) in [6.45, 7) is 10.4. The fraction of sp³-hybridized carbons (Fsp3) is 0.474. The second-order valence-corrected chi connectivity index (χ2v) is 7.16. The van der Waals surface area contributed by atoms with Crippen molar-refractivity contribution in [3.8, 4) is 0 Å². The Morgan fingerprint density at radius 2 is 2.00 bits per heavy atom. The maximum atomic E-state index is 13.0. The summed E-state index contributed by atoms with van der Waals surface area (Å²) < 4.78 is 11.9. The van der Waals surface area contributed by atoms with E-state index in [1.165, 1.54) is 23.2 Å². The second-order valence-electron chi connectivity index (χ2n) is 6.15. The number of thiazole rings is 1. The van der Waals surface area contributed by atoms with Crippen molar-refractivity contribution in [3.05, 3.63) is 35.8 Å². The molecule has 27 heavy (non-hydrogen) atoms. The van der Waals surface area contributed by atoms with Gasteiger partial charge in [0.25, 0.3) is 5.91 Å². The molecule has 3 rings (SSSR count). The number of ether oxygens (including phenoxy) is 2. The Morgan fingerprint density at radius 3 is 2.67 bits per heavy atom. The predicted molar refractivity (Wildman–Crippen MR) is 104 cm³/mol. The first-order valence-electron chi connectivity index (χ1n) is 8.98. The number of benzene rings is 1. The third-order valence-corrected chi connectivity index (χ3v) is 5.44. The fourth-order valence-corrected chi connectivity index (χ4v) is 3.90. The SMILES string of the molecule is CCN(CC)CCN(C(=O)C1=COCCO1)c1nc2ccc(C)cc2s1.[Cl-]. The quantitative estimate of drug-likeness (QED) is 0.651. The molecule has 0 fully saturated rings. The van der Waals surface area contributed by atoms with E-state index in [1.54, 1.807) is 4.90 Å². The van der Waals surface area contributed by atoms with Crippen LogP contribution in [0.3, 0.4) is 0 Å². The molecule has 2 aromatic rings. The number of aryl methyl sites for hydroxylation is 1. The van der Waals surface area contributed by atoms with E-state index in [0.29, 0.717) is 24.9 Å². The van der Waals surface area contributed by atoms with E-state index in [-0.39, 0.29) is 24.1 Å². The Labute approximate surface area is 170 Å². The number of anilines is 1. The second kappa shape index (κ2) is 9.92. The molecule has 6 nitrogen and oxygen atoms in total.